The summed E-state index contributed by atoms with van der Waals surface area (Å²) in [6, 6.07) is 9.37. The van der Waals surface area contributed by atoms with Gasteiger partial charge < -0.3 is 10.1 Å². The molecule has 2 rings (SSSR count). The van der Waals surface area contributed by atoms with E-state index in [1.54, 1.807) is 0 Å². The minimum absolute atomic E-state index is 0.101. The molecule has 84 valence electrons. The Hall–Kier alpha value is -2.10. The summed E-state index contributed by atoms with van der Waals surface area (Å²) in [5.41, 5.74) is 0.976. The van der Waals surface area contributed by atoms with Crippen molar-refractivity contribution in [1.29, 1.82) is 0 Å². The summed E-state index contributed by atoms with van der Waals surface area (Å²) < 4.78 is 0. The fourth-order valence-corrected chi connectivity index (χ4v) is 1.17. The van der Waals surface area contributed by atoms with Crippen LogP contribution in [0.2, 0.25) is 0 Å². The van der Waals surface area contributed by atoms with Crippen molar-refractivity contribution in [2.24, 2.45) is 0 Å². The molecule has 1 aromatic heterocycles. The number of nitrogens with one attached hydrogen (secondary N) is 1. The molecule has 0 aliphatic rings. The lowest BCUT2D eigenvalue weighted by Gasteiger charge is -1.93. The quantitative estimate of drug-likeness (QED) is 0.814. The molecule has 0 amide bonds. The molecular weight excluding hydrogens is 204 g/mol. The molecule has 1 aromatic carbocycles. The van der Waals surface area contributed by atoms with Crippen LogP contribution in [0.1, 0.15) is 24.3 Å². The summed E-state index contributed by atoms with van der Waals surface area (Å²) in [6.45, 7) is 4.00. The van der Waals surface area contributed by atoms with Crippen LogP contribution in [0, 0.1) is 0 Å². The van der Waals surface area contributed by atoms with Crippen molar-refractivity contribution >= 4 is 5.97 Å². The molecular formula is C12H14N2O2. The van der Waals surface area contributed by atoms with Gasteiger partial charge >= 0.3 is 5.97 Å². The van der Waals surface area contributed by atoms with Gasteiger partial charge in [0.25, 0.3) is 0 Å². The van der Waals surface area contributed by atoms with Crippen LogP contribution in [0.3, 0.4) is 0 Å². The second kappa shape index (κ2) is 5.70. The SMILES string of the molecule is CC.O=C(O)c1cnc(-c2ccccc2)[nH]1. The Morgan fingerprint density at radius 3 is 2.38 bits per heavy atom. The number of carboxylic acids is 1. The van der Waals surface area contributed by atoms with E-state index in [-0.39, 0.29) is 5.69 Å². The molecule has 2 N–H and O–H groups in total. The summed E-state index contributed by atoms with van der Waals surface area (Å²) in [5, 5.41) is 8.67. The highest BCUT2D eigenvalue weighted by Crippen LogP contribution is 2.14. The lowest BCUT2D eigenvalue weighted by Crippen LogP contribution is -1.95. The van der Waals surface area contributed by atoms with Crippen LogP contribution in [0.15, 0.2) is 36.5 Å². The summed E-state index contributed by atoms with van der Waals surface area (Å²) in [7, 11) is 0. The van der Waals surface area contributed by atoms with E-state index in [4.69, 9.17) is 5.11 Å². The van der Waals surface area contributed by atoms with Crippen LogP contribution in [-0.2, 0) is 0 Å². The van der Waals surface area contributed by atoms with Crippen LogP contribution in [0.5, 0.6) is 0 Å². The molecule has 16 heavy (non-hydrogen) atoms. The van der Waals surface area contributed by atoms with Gasteiger partial charge in [0, 0.05) is 5.56 Å². The molecule has 0 radical (unpaired) electrons. The number of aromatic amines is 1. The smallest absolute Gasteiger partial charge is 0.353 e. The molecule has 0 spiro atoms. The zero-order valence-electron chi connectivity index (χ0n) is 9.27. The van der Waals surface area contributed by atoms with Crippen molar-refractivity contribution in [2.45, 2.75) is 13.8 Å². The van der Waals surface area contributed by atoms with Gasteiger partial charge in [-0.25, -0.2) is 9.78 Å². The Kier molecular flexibility index (Phi) is 4.27. The van der Waals surface area contributed by atoms with Gasteiger partial charge in [0.05, 0.1) is 6.20 Å². The molecule has 0 unspecified atom stereocenters. The van der Waals surface area contributed by atoms with E-state index in [9.17, 15) is 4.79 Å². The van der Waals surface area contributed by atoms with Crippen LogP contribution in [0.4, 0.5) is 0 Å². The number of benzene rings is 1. The van der Waals surface area contributed by atoms with Gasteiger partial charge in [-0.05, 0) is 0 Å². The number of rotatable bonds is 2. The second-order valence-electron chi connectivity index (χ2n) is 2.82. The Balaban J connectivity index is 0.000000606. The van der Waals surface area contributed by atoms with E-state index in [1.807, 2.05) is 44.2 Å². The van der Waals surface area contributed by atoms with Crippen molar-refractivity contribution in [3.63, 3.8) is 0 Å². The predicted molar refractivity (Wildman–Crippen MR) is 62.3 cm³/mol. The predicted octanol–water partition coefficient (Wildman–Crippen LogP) is 2.80. The van der Waals surface area contributed by atoms with E-state index >= 15 is 0 Å². The maximum atomic E-state index is 10.6. The first kappa shape index (κ1) is 12.0. The number of H-pyrrole nitrogens is 1. The molecule has 0 bridgehead atoms. The third kappa shape index (κ3) is 2.70. The van der Waals surface area contributed by atoms with Crippen LogP contribution in [0.25, 0.3) is 11.4 Å². The number of imidazole rings is 1. The molecule has 0 saturated carbocycles. The highest BCUT2D eigenvalue weighted by Gasteiger charge is 2.07. The van der Waals surface area contributed by atoms with Crippen molar-refractivity contribution in [2.75, 3.05) is 0 Å². The van der Waals surface area contributed by atoms with Gasteiger partial charge in [-0.2, -0.15) is 0 Å². The van der Waals surface area contributed by atoms with Crippen LogP contribution >= 0.6 is 0 Å². The number of aromatic nitrogens is 2. The highest BCUT2D eigenvalue weighted by molar-refractivity contribution is 5.85. The normalized spacial score (nSPS) is 9.12. The second-order valence-corrected chi connectivity index (χ2v) is 2.82. The van der Waals surface area contributed by atoms with E-state index in [2.05, 4.69) is 9.97 Å². The van der Waals surface area contributed by atoms with E-state index in [1.165, 1.54) is 6.20 Å². The number of hydrogen-bond acceptors (Lipinski definition) is 2. The molecule has 4 nitrogen and oxygen atoms in total. The number of hydrogen-bond donors (Lipinski definition) is 2. The standard InChI is InChI=1S/C10H8N2O2.C2H6/c13-10(14)8-6-11-9(12-8)7-4-2-1-3-5-7;1-2/h1-6H,(H,11,12)(H,13,14);1-2H3. The minimum atomic E-state index is -1.00. The lowest BCUT2D eigenvalue weighted by atomic mass is 10.2. The largest absolute Gasteiger partial charge is 0.477 e. The van der Waals surface area contributed by atoms with Crippen LogP contribution in [-0.4, -0.2) is 21.0 Å². The molecule has 4 heteroatoms. The third-order valence-electron chi connectivity index (χ3n) is 1.85. The van der Waals surface area contributed by atoms with Gasteiger partial charge in [0.2, 0.25) is 0 Å². The lowest BCUT2D eigenvalue weighted by molar-refractivity contribution is 0.0691. The molecule has 0 aliphatic heterocycles. The number of carbonyl (C=O) groups is 1. The van der Waals surface area contributed by atoms with Gasteiger partial charge in [-0.3, -0.25) is 0 Å². The molecule has 1 heterocycles. The molecule has 0 aliphatic carbocycles. The Bertz CT molecular complexity index is 449. The molecule has 2 aromatic rings. The molecule has 0 atom stereocenters. The van der Waals surface area contributed by atoms with Crippen molar-refractivity contribution in [3.05, 3.63) is 42.2 Å². The average Bonchev–Trinajstić information content (AvgIpc) is 2.82. The number of aromatic carboxylic acids is 1. The third-order valence-corrected chi connectivity index (χ3v) is 1.85. The first-order valence-corrected chi connectivity index (χ1v) is 5.11. The Labute approximate surface area is 94.0 Å². The van der Waals surface area contributed by atoms with E-state index in [0.717, 1.165) is 5.56 Å². The van der Waals surface area contributed by atoms with Crippen molar-refractivity contribution < 1.29 is 9.90 Å². The fraction of sp³-hybridized carbons (Fsp3) is 0.167. The molecule has 0 fully saturated rings. The Morgan fingerprint density at radius 2 is 1.88 bits per heavy atom. The highest BCUT2D eigenvalue weighted by atomic mass is 16.4. The zero-order chi connectivity index (χ0) is 12.0. The first-order chi connectivity index (χ1) is 7.77. The van der Waals surface area contributed by atoms with E-state index < -0.39 is 5.97 Å². The summed E-state index contributed by atoms with van der Waals surface area (Å²) >= 11 is 0. The van der Waals surface area contributed by atoms with Crippen LogP contribution < -0.4 is 0 Å². The van der Waals surface area contributed by atoms with Crippen molar-refractivity contribution in [3.8, 4) is 11.4 Å². The van der Waals surface area contributed by atoms with Gasteiger partial charge in [0.1, 0.15) is 11.5 Å². The maximum Gasteiger partial charge on any atom is 0.353 e. The van der Waals surface area contributed by atoms with Gasteiger partial charge in [0.15, 0.2) is 0 Å². The Morgan fingerprint density at radius 1 is 1.25 bits per heavy atom. The monoisotopic (exact) mass is 218 g/mol. The fourth-order valence-electron chi connectivity index (χ4n) is 1.17. The van der Waals surface area contributed by atoms with Gasteiger partial charge in [-0.15, -0.1) is 0 Å². The first-order valence-electron chi connectivity index (χ1n) is 5.11. The summed E-state index contributed by atoms with van der Waals surface area (Å²) in [4.78, 5) is 17.3. The number of nitrogens with zero attached hydrogens (tertiary/aromatic N) is 1. The van der Waals surface area contributed by atoms with Gasteiger partial charge in [-0.1, -0.05) is 44.2 Å². The van der Waals surface area contributed by atoms with E-state index in [0.29, 0.717) is 5.82 Å². The minimum Gasteiger partial charge on any atom is -0.477 e. The van der Waals surface area contributed by atoms with Crippen molar-refractivity contribution in [1.82, 2.24) is 9.97 Å². The zero-order valence-corrected chi connectivity index (χ0v) is 9.27. The number of carboxylic acid groups (broad SMARTS) is 1. The summed E-state index contributed by atoms with van der Waals surface area (Å²) in [5.74, 6) is -0.428. The topological polar surface area (TPSA) is 66.0 Å². The molecule has 0 saturated heterocycles. The maximum absolute atomic E-state index is 10.6. The summed E-state index contributed by atoms with van der Waals surface area (Å²) in [6.07, 6.45) is 1.31. The average molecular weight is 218 g/mol.